The molecular formula is C10H14N2O2S. The molecule has 4 nitrogen and oxygen atoms in total. The topological polar surface area (TPSA) is 42.4 Å². The van der Waals surface area contributed by atoms with Crippen LogP contribution in [0, 0.1) is 6.92 Å². The van der Waals surface area contributed by atoms with Crippen LogP contribution < -0.4 is 4.90 Å². The lowest BCUT2D eigenvalue weighted by molar-refractivity contribution is 0.0594. The molecule has 0 amide bonds. The molecule has 1 aliphatic rings. The van der Waals surface area contributed by atoms with Crippen LogP contribution in [0.4, 0.5) is 5.13 Å². The molecule has 1 aliphatic carbocycles. The maximum Gasteiger partial charge on any atom is 0.357 e. The first kappa shape index (κ1) is 10.4. The van der Waals surface area contributed by atoms with Crippen LogP contribution in [0.15, 0.2) is 0 Å². The number of thiazole rings is 1. The van der Waals surface area contributed by atoms with Gasteiger partial charge in [0.15, 0.2) is 10.8 Å². The normalized spacial score (nSPS) is 15.1. The zero-order chi connectivity index (χ0) is 11.0. The van der Waals surface area contributed by atoms with Gasteiger partial charge in [-0.15, -0.1) is 11.3 Å². The summed E-state index contributed by atoms with van der Waals surface area (Å²) in [5.74, 6) is -0.348. The second-order valence-electron chi connectivity index (χ2n) is 3.73. The standard InChI is InChI=1S/C10H14N2O2S/c1-6-8(9(13)14-3)11-10(15-6)12(2)7-4-5-7/h7H,4-5H2,1-3H3. The first-order valence-electron chi connectivity index (χ1n) is 4.92. The predicted molar refractivity (Wildman–Crippen MR) is 59.6 cm³/mol. The van der Waals surface area contributed by atoms with Gasteiger partial charge in [0.25, 0.3) is 0 Å². The summed E-state index contributed by atoms with van der Waals surface area (Å²) in [6.07, 6.45) is 2.45. The molecule has 0 spiro atoms. The zero-order valence-corrected chi connectivity index (χ0v) is 9.93. The Kier molecular flexibility index (Phi) is 2.65. The lowest BCUT2D eigenvalue weighted by atomic mass is 10.4. The first-order chi connectivity index (χ1) is 7.13. The van der Waals surface area contributed by atoms with Crippen molar-refractivity contribution in [3.63, 3.8) is 0 Å². The summed E-state index contributed by atoms with van der Waals surface area (Å²) in [5.41, 5.74) is 0.449. The summed E-state index contributed by atoms with van der Waals surface area (Å²) in [6, 6.07) is 0.612. The molecule has 0 unspecified atom stereocenters. The highest BCUT2D eigenvalue weighted by Crippen LogP contribution is 2.33. The van der Waals surface area contributed by atoms with E-state index in [1.165, 1.54) is 20.0 Å². The zero-order valence-electron chi connectivity index (χ0n) is 9.11. The van der Waals surface area contributed by atoms with E-state index in [1.807, 2.05) is 14.0 Å². The average Bonchev–Trinajstić information content (AvgIpc) is 3.00. The van der Waals surface area contributed by atoms with Crippen molar-refractivity contribution in [1.82, 2.24) is 4.98 Å². The highest BCUT2D eigenvalue weighted by molar-refractivity contribution is 7.15. The van der Waals surface area contributed by atoms with Crippen LogP contribution in [0.5, 0.6) is 0 Å². The number of methoxy groups -OCH3 is 1. The number of anilines is 1. The number of aromatic nitrogens is 1. The summed E-state index contributed by atoms with van der Waals surface area (Å²) in [5, 5.41) is 0.912. The van der Waals surface area contributed by atoms with Crippen LogP contribution in [0.3, 0.4) is 0 Å². The van der Waals surface area contributed by atoms with Crippen molar-refractivity contribution in [2.24, 2.45) is 0 Å². The van der Waals surface area contributed by atoms with Crippen molar-refractivity contribution in [2.45, 2.75) is 25.8 Å². The number of aryl methyl sites for hydroxylation is 1. The number of carbonyl (C=O) groups is 1. The van der Waals surface area contributed by atoms with E-state index in [0.29, 0.717) is 11.7 Å². The van der Waals surface area contributed by atoms with Crippen LogP contribution in [0.1, 0.15) is 28.2 Å². The molecule has 1 aromatic heterocycles. The van der Waals surface area contributed by atoms with Gasteiger partial charge >= 0.3 is 5.97 Å². The quantitative estimate of drug-likeness (QED) is 0.737. The lowest BCUT2D eigenvalue weighted by Gasteiger charge is -2.13. The Labute approximate surface area is 92.9 Å². The Morgan fingerprint density at radius 2 is 2.27 bits per heavy atom. The van der Waals surface area contributed by atoms with Crippen molar-refractivity contribution in [3.8, 4) is 0 Å². The Bertz CT molecular complexity index is 385. The fourth-order valence-electron chi connectivity index (χ4n) is 1.44. The Morgan fingerprint density at radius 3 is 2.80 bits per heavy atom. The number of nitrogens with zero attached hydrogens (tertiary/aromatic N) is 2. The summed E-state index contributed by atoms with van der Waals surface area (Å²) >= 11 is 1.55. The van der Waals surface area contributed by atoms with E-state index in [0.717, 1.165) is 10.0 Å². The molecule has 0 bridgehead atoms. The van der Waals surface area contributed by atoms with Gasteiger partial charge in [0, 0.05) is 18.0 Å². The second kappa shape index (κ2) is 3.81. The number of esters is 1. The van der Waals surface area contributed by atoms with Crippen molar-refractivity contribution >= 4 is 22.4 Å². The van der Waals surface area contributed by atoms with E-state index in [2.05, 4.69) is 14.6 Å². The predicted octanol–water partition coefficient (Wildman–Crippen LogP) is 1.84. The Hall–Kier alpha value is -1.10. The fourth-order valence-corrected chi connectivity index (χ4v) is 2.37. The molecule has 0 aromatic carbocycles. The van der Waals surface area contributed by atoms with Gasteiger partial charge in [-0.1, -0.05) is 0 Å². The molecule has 0 N–H and O–H groups in total. The maximum absolute atomic E-state index is 11.4. The summed E-state index contributed by atoms with van der Waals surface area (Å²) in [6.45, 7) is 1.90. The van der Waals surface area contributed by atoms with Gasteiger partial charge < -0.3 is 9.64 Å². The second-order valence-corrected chi connectivity index (χ2v) is 4.92. The van der Waals surface area contributed by atoms with Crippen LogP contribution in [0.25, 0.3) is 0 Å². The van der Waals surface area contributed by atoms with Crippen LogP contribution >= 0.6 is 11.3 Å². The minimum absolute atomic E-state index is 0.348. The molecule has 15 heavy (non-hydrogen) atoms. The van der Waals surface area contributed by atoms with Crippen LogP contribution in [-0.4, -0.2) is 31.2 Å². The third kappa shape index (κ3) is 1.97. The van der Waals surface area contributed by atoms with Crippen LogP contribution in [-0.2, 0) is 4.74 Å². The van der Waals surface area contributed by atoms with E-state index >= 15 is 0 Å². The Morgan fingerprint density at radius 1 is 1.60 bits per heavy atom. The molecule has 1 fully saturated rings. The molecule has 2 rings (SSSR count). The fraction of sp³-hybridized carbons (Fsp3) is 0.600. The van der Waals surface area contributed by atoms with Crippen LogP contribution in [0.2, 0.25) is 0 Å². The van der Waals surface area contributed by atoms with Gasteiger partial charge in [-0.25, -0.2) is 9.78 Å². The van der Waals surface area contributed by atoms with E-state index in [1.54, 1.807) is 11.3 Å². The molecule has 0 aliphatic heterocycles. The van der Waals surface area contributed by atoms with Gasteiger partial charge in [-0.2, -0.15) is 0 Å². The number of rotatable bonds is 3. The molecule has 1 saturated carbocycles. The molecule has 0 saturated heterocycles. The summed E-state index contributed by atoms with van der Waals surface area (Å²) in [4.78, 5) is 18.7. The minimum atomic E-state index is -0.348. The number of hydrogen-bond acceptors (Lipinski definition) is 5. The smallest absolute Gasteiger partial charge is 0.357 e. The third-order valence-corrected chi connectivity index (χ3v) is 3.62. The van der Waals surface area contributed by atoms with E-state index < -0.39 is 0 Å². The highest BCUT2D eigenvalue weighted by Gasteiger charge is 2.29. The average molecular weight is 226 g/mol. The van der Waals surface area contributed by atoms with Crippen molar-refractivity contribution < 1.29 is 9.53 Å². The maximum atomic E-state index is 11.4. The number of carbonyl (C=O) groups excluding carboxylic acids is 1. The monoisotopic (exact) mass is 226 g/mol. The molecular weight excluding hydrogens is 212 g/mol. The van der Waals surface area contributed by atoms with Gasteiger partial charge in [0.05, 0.1) is 7.11 Å². The van der Waals surface area contributed by atoms with Gasteiger partial charge in [0.2, 0.25) is 0 Å². The van der Waals surface area contributed by atoms with Crippen molar-refractivity contribution in [3.05, 3.63) is 10.6 Å². The highest BCUT2D eigenvalue weighted by atomic mass is 32.1. The molecule has 0 radical (unpaired) electrons. The largest absolute Gasteiger partial charge is 0.464 e. The first-order valence-corrected chi connectivity index (χ1v) is 5.73. The molecule has 0 atom stereocenters. The molecule has 1 aromatic rings. The number of ether oxygens (including phenoxy) is 1. The minimum Gasteiger partial charge on any atom is -0.464 e. The van der Waals surface area contributed by atoms with Gasteiger partial charge in [-0.3, -0.25) is 0 Å². The summed E-state index contributed by atoms with van der Waals surface area (Å²) in [7, 11) is 3.41. The molecule has 82 valence electrons. The third-order valence-electron chi connectivity index (χ3n) is 2.56. The Balaban J connectivity index is 2.23. The van der Waals surface area contributed by atoms with Crippen molar-refractivity contribution in [1.29, 1.82) is 0 Å². The van der Waals surface area contributed by atoms with Gasteiger partial charge in [-0.05, 0) is 19.8 Å². The summed E-state index contributed by atoms with van der Waals surface area (Å²) < 4.78 is 4.67. The lowest BCUT2D eigenvalue weighted by Crippen LogP contribution is -2.19. The molecule has 1 heterocycles. The van der Waals surface area contributed by atoms with Crippen molar-refractivity contribution in [2.75, 3.05) is 19.1 Å². The van der Waals surface area contributed by atoms with E-state index in [4.69, 9.17) is 0 Å². The number of hydrogen-bond donors (Lipinski definition) is 0. The SMILES string of the molecule is COC(=O)c1nc(N(C)C2CC2)sc1C. The van der Waals surface area contributed by atoms with E-state index in [9.17, 15) is 4.79 Å². The van der Waals surface area contributed by atoms with E-state index in [-0.39, 0.29) is 5.97 Å². The molecule has 5 heteroatoms. The van der Waals surface area contributed by atoms with Gasteiger partial charge in [0.1, 0.15) is 0 Å².